The first-order valence-corrected chi connectivity index (χ1v) is 8.39. The summed E-state index contributed by atoms with van der Waals surface area (Å²) in [4.78, 5) is 17.9. The highest BCUT2D eigenvalue weighted by Crippen LogP contribution is 2.34. The number of amides is 1. The Bertz CT molecular complexity index is 865. The number of hydrazone groups is 1. The van der Waals surface area contributed by atoms with E-state index in [2.05, 4.69) is 50.8 Å². The second kappa shape index (κ2) is 6.25. The SMILES string of the molecule is CN(C)C1CCCc2[nH]c(C=C3C(=O)NN=C3c3ccnnc3)cc21. The van der Waals surface area contributed by atoms with Gasteiger partial charge in [-0.1, -0.05) is 0 Å². The van der Waals surface area contributed by atoms with Crippen LogP contribution in [0.1, 0.15) is 41.4 Å². The van der Waals surface area contributed by atoms with Crippen molar-refractivity contribution in [1.82, 2.24) is 25.5 Å². The highest BCUT2D eigenvalue weighted by Gasteiger charge is 2.27. The van der Waals surface area contributed by atoms with Gasteiger partial charge in [0.25, 0.3) is 5.91 Å². The van der Waals surface area contributed by atoms with Gasteiger partial charge in [0.2, 0.25) is 0 Å². The molecule has 1 aliphatic carbocycles. The highest BCUT2D eigenvalue weighted by molar-refractivity contribution is 6.33. The molecular weight excluding hydrogens is 316 g/mol. The Labute approximate surface area is 145 Å². The molecule has 1 unspecified atom stereocenters. The number of fused-ring (bicyclic) bond motifs is 1. The Hall–Kier alpha value is -2.80. The van der Waals surface area contributed by atoms with Gasteiger partial charge in [-0.25, -0.2) is 5.43 Å². The minimum Gasteiger partial charge on any atom is -0.359 e. The summed E-state index contributed by atoms with van der Waals surface area (Å²) in [6, 6.07) is 4.36. The van der Waals surface area contributed by atoms with Gasteiger partial charge >= 0.3 is 0 Å². The van der Waals surface area contributed by atoms with Gasteiger partial charge in [-0.2, -0.15) is 15.3 Å². The summed E-state index contributed by atoms with van der Waals surface area (Å²) < 4.78 is 0. The van der Waals surface area contributed by atoms with Crippen molar-refractivity contribution in [3.8, 4) is 0 Å². The number of nitrogens with one attached hydrogen (secondary N) is 2. The fourth-order valence-electron chi connectivity index (χ4n) is 3.56. The van der Waals surface area contributed by atoms with E-state index < -0.39 is 0 Å². The molecule has 0 spiro atoms. The molecule has 0 saturated heterocycles. The highest BCUT2D eigenvalue weighted by atomic mass is 16.2. The van der Waals surface area contributed by atoms with Crippen LogP contribution in [0.5, 0.6) is 0 Å². The second-order valence-electron chi connectivity index (χ2n) is 6.62. The first-order chi connectivity index (χ1) is 12.1. The van der Waals surface area contributed by atoms with Gasteiger partial charge in [0.15, 0.2) is 0 Å². The Morgan fingerprint density at radius 3 is 2.96 bits per heavy atom. The summed E-state index contributed by atoms with van der Waals surface area (Å²) in [6.07, 6.45) is 8.44. The summed E-state index contributed by atoms with van der Waals surface area (Å²) in [7, 11) is 4.22. The molecule has 0 radical (unpaired) electrons. The van der Waals surface area contributed by atoms with Gasteiger partial charge in [-0.3, -0.25) is 4.79 Å². The molecule has 0 saturated carbocycles. The van der Waals surface area contributed by atoms with Gasteiger partial charge < -0.3 is 9.88 Å². The lowest BCUT2D eigenvalue weighted by Crippen LogP contribution is -2.23. The van der Waals surface area contributed by atoms with Crippen molar-refractivity contribution >= 4 is 17.7 Å². The van der Waals surface area contributed by atoms with Crippen molar-refractivity contribution in [2.24, 2.45) is 5.10 Å². The average Bonchev–Trinajstić information content (AvgIpc) is 3.19. The first-order valence-electron chi connectivity index (χ1n) is 8.39. The van der Waals surface area contributed by atoms with E-state index in [1.165, 1.54) is 17.7 Å². The lowest BCUT2D eigenvalue weighted by Gasteiger charge is -2.28. The molecule has 2 aromatic rings. The molecule has 1 amide bonds. The number of carbonyl (C=O) groups is 1. The van der Waals surface area contributed by atoms with Crippen LogP contribution in [0.25, 0.3) is 6.08 Å². The molecule has 0 aromatic carbocycles. The third kappa shape index (κ3) is 2.87. The molecule has 2 N–H and O–H groups in total. The van der Waals surface area contributed by atoms with E-state index in [0.29, 0.717) is 17.3 Å². The minimum absolute atomic E-state index is 0.205. The van der Waals surface area contributed by atoms with Crippen molar-refractivity contribution in [2.45, 2.75) is 25.3 Å². The number of nitrogens with zero attached hydrogens (tertiary/aromatic N) is 4. The Balaban J connectivity index is 1.71. The number of aromatic nitrogens is 3. The quantitative estimate of drug-likeness (QED) is 0.835. The number of rotatable bonds is 3. The summed E-state index contributed by atoms with van der Waals surface area (Å²) in [5, 5.41) is 11.8. The molecular formula is C18H20N6O. The van der Waals surface area contributed by atoms with Gasteiger partial charge in [0.05, 0.1) is 18.0 Å². The third-order valence-corrected chi connectivity index (χ3v) is 4.77. The zero-order valence-corrected chi connectivity index (χ0v) is 14.3. The predicted octanol–water partition coefficient (Wildman–Crippen LogP) is 1.66. The number of hydrogen-bond donors (Lipinski definition) is 2. The summed E-state index contributed by atoms with van der Waals surface area (Å²) >= 11 is 0. The lowest BCUT2D eigenvalue weighted by molar-refractivity contribution is -0.116. The maximum atomic E-state index is 12.2. The molecule has 7 nitrogen and oxygen atoms in total. The Kier molecular flexibility index (Phi) is 3.93. The van der Waals surface area contributed by atoms with Crippen LogP contribution in [-0.4, -0.2) is 45.8 Å². The molecule has 0 fully saturated rings. The summed E-state index contributed by atoms with van der Waals surface area (Å²) in [5.74, 6) is -0.205. The van der Waals surface area contributed by atoms with Gasteiger partial charge in [0.1, 0.15) is 5.71 Å². The van der Waals surface area contributed by atoms with Crippen molar-refractivity contribution in [2.75, 3.05) is 14.1 Å². The van der Waals surface area contributed by atoms with E-state index in [-0.39, 0.29) is 5.91 Å². The molecule has 1 aliphatic heterocycles. The number of aryl methyl sites for hydroxylation is 1. The maximum absolute atomic E-state index is 12.2. The number of H-pyrrole nitrogens is 1. The van der Waals surface area contributed by atoms with Crippen LogP contribution in [0, 0.1) is 0 Å². The van der Waals surface area contributed by atoms with Gasteiger partial charge in [-0.15, -0.1) is 0 Å². The summed E-state index contributed by atoms with van der Waals surface area (Å²) in [6.45, 7) is 0. The molecule has 0 bridgehead atoms. The maximum Gasteiger partial charge on any atom is 0.273 e. The van der Waals surface area contributed by atoms with Gasteiger partial charge in [0, 0.05) is 23.0 Å². The zero-order chi connectivity index (χ0) is 17.4. The number of aromatic amines is 1. The smallest absolute Gasteiger partial charge is 0.273 e. The van der Waals surface area contributed by atoms with Crippen LogP contribution >= 0.6 is 0 Å². The molecule has 2 aromatic heterocycles. The van der Waals surface area contributed by atoms with E-state index in [4.69, 9.17) is 0 Å². The van der Waals surface area contributed by atoms with Crippen LogP contribution in [0.2, 0.25) is 0 Å². The van der Waals surface area contributed by atoms with E-state index in [1.54, 1.807) is 18.5 Å². The molecule has 25 heavy (non-hydrogen) atoms. The summed E-state index contributed by atoms with van der Waals surface area (Å²) in [5.41, 5.74) is 7.95. The fraction of sp³-hybridized carbons (Fsp3) is 0.333. The minimum atomic E-state index is -0.205. The molecule has 4 rings (SSSR count). The van der Waals surface area contributed by atoms with Crippen molar-refractivity contribution in [3.05, 3.63) is 52.6 Å². The van der Waals surface area contributed by atoms with Crippen LogP contribution in [-0.2, 0) is 11.2 Å². The third-order valence-electron chi connectivity index (χ3n) is 4.77. The topological polar surface area (TPSA) is 86.3 Å². The fourth-order valence-corrected chi connectivity index (χ4v) is 3.56. The van der Waals surface area contributed by atoms with Gasteiger partial charge in [-0.05, 0) is 57.1 Å². The molecule has 2 aliphatic rings. The lowest BCUT2D eigenvalue weighted by atomic mass is 9.92. The van der Waals surface area contributed by atoms with E-state index in [1.807, 2.05) is 6.08 Å². The Morgan fingerprint density at radius 1 is 1.32 bits per heavy atom. The van der Waals surface area contributed by atoms with E-state index in [0.717, 1.165) is 24.1 Å². The largest absolute Gasteiger partial charge is 0.359 e. The van der Waals surface area contributed by atoms with Crippen molar-refractivity contribution < 1.29 is 4.79 Å². The predicted molar refractivity (Wildman–Crippen MR) is 94.8 cm³/mol. The zero-order valence-electron chi connectivity index (χ0n) is 14.3. The average molecular weight is 336 g/mol. The molecule has 128 valence electrons. The number of hydrogen-bond acceptors (Lipinski definition) is 5. The standard InChI is InChI=1S/C18H20N6O/c1-24(2)16-5-3-4-15-13(16)8-12(21-15)9-14-17(22-23-18(14)25)11-6-7-19-20-10-11/h6-10,16,21H,3-5H2,1-2H3,(H,23,25). The first kappa shape index (κ1) is 15.7. The van der Waals surface area contributed by atoms with Crippen LogP contribution in [0.4, 0.5) is 0 Å². The van der Waals surface area contributed by atoms with Crippen molar-refractivity contribution in [3.63, 3.8) is 0 Å². The Morgan fingerprint density at radius 2 is 2.20 bits per heavy atom. The van der Waals surface area contributed by atoms with Crippen molar-refractivity contribution in [1.29, 1.82) is 0 Å². The molecule has 7 heteroatoms. The second-order valence-corrected chi connectivity index (χ2v) is 6.62. The molecule has 3 heterocycles. The van der Waals surface area contributed by atoms with Crippen LogP contribution in [0.3, 0.4) is 0 Å². The number of carbonyl (C=O) groups excluding carboxylic acids is 1. The molecule has 1 atom stereocenters. The van der Waals surface area contributed by atoms with Crippen LogP contribution < -0.4 is 5.43 Å². The van der Waals surface area contributed by atoms with E-state index in [9.17, 15) is 4.79 Å². The monoisotopic (exact) mass is 336 g/mol. The normalized spacial score (nSPS) is 21.4. The van der Waals surface area contributed by atoms with E-state index >= 15 is 0 Å². The van der Waals surface area contributed by atoms with Crippen LogP contribution in [0.15, 0.2) is 35.2 Å².